The predicted molar refractivity (Wildman–Crippen MR) is 58.8 cm³/mol. The van der Waals surface area contributed by atoms with Gasteiger partial charge in [-0.15, -0.1) is 0 Å². The summed E-state index contributed by atoms with van der Waals surface area (Å²) in [5.74, 6) is 0.979. The van der Waals surface area contributed by atoms with Crippen molar-refractivity contribution in [3.8, 4) is 17.5 Å². The van der Waals surface area contributed by atoms with Gasteiger partial charge in [-0.05, 0) is 29.4 Å². The normalized spacial score (nSPS) is 9.81. The van der Waals surface area contributed by atoms with Gasteiger partial charge in [0, 0.05) is 19.7 Å². The van der Waals surface area contributed by atoms with Crippen molar-refractivity contribution in [2.45, 2.75) is 0 Å². The van der Waals surface area contributed by atoms with Gasteiger partial charge in [0.15, 0.2) is 0 Å². The Bertz CT molecular complexity index is 522. The third-order valence-electron chi connectivity index (χ3n) is 2.08. The number of hydrogen-bond donors (Lipinski definition) is 0. The van der Waals surface area contributed by atoms with E-state index in [9.17, 15) is 0 Å². The van der Waals surface area contributed by atoms with Crippen molar-refractivity contribution in [3.05, 3.63) is 29.8 Å². The highest BCUT2D eigenvalue weighted by Crippen LogP contribution is 2.19. The van der Waals surface area contributed by atoms with E-state index in [2.05, 4.69) is 16.2 Å². The van der Waals surface area contributed by atoms with Crippen molar-refractivity contribution in [3.63, 3.8) is 0 Å². The monoisotopic (exact) mass is 214 g/mol. The van der Waals surface area contributed by atoms with Crippen molar-refractivity contribution in [2.75, 3.05) is 19.0 Å². The lowest BCUT2D eigenvalue weighted by Crippen LogP contribution is -2.09. The van der Waals surface area contributed by atoms with Gasteiger partial charge in [-0.2, -0.15) is 10.2 Å². The van der Waals surface area contributed by atoms with Crippen LogP contribution in [-0.2, 0) is 0 Å². The summed E-state index contributed by atoms with van der Waals surface area (Å²) >= 11 is 0. The Morgan fingerprint density at radius 2 is 1.94 bits per heavy atom. The van der Waals surface area contributed by atoms with Crippen LogP contribution in [0.5, 0.6) is 0 Å². The molecule has 0 saturated carbocycles. The lowest BCUT2D eigenvalue weighted by molar-refractivity contribution is 0.431. The van der Waals surface area contributed by atoms with Gasteiger partial charge in [0.05, 0.1) is 11.6 Å². The van der Waals surface area contributed by atoms with Crippen LogP contribution < -0.4 is 4.90 Å². The van der Waals surface area contributed by atoms with Crippen molar-refractivity contribution in [1.29, 1.82) is 5.26 Å². The lowest BCUT2D eigenvalue weighted by Gasteiger charge is -2.02. The SMILES string of the molecule is CN(C)c1noc(-c2ccc(C#N)cc2)n1. The molecule has 0 spiro atoms. The van der Waals surface area contributed by atoms with Crippen molar-refractivity contribution >= 4 is 5.95 Å². The molecule has 0 atom stereocenters. The number of nitrogens with zero attached hydrogens (tertiary/aromatic N) is 4. The molecular formula is C11H10N4O. The Balaban J connectivity index is 2.32. The zero-order valence-electron chi connectivity index (χ0n) is 9.01. The second-order valence-electron chi connectivity index (χ2n) is 3.48. The van der Waals surface area contributed by atoms with E-state index in [1.165, 1.54) is 0 Å². The van der Waals surface area contributed by atoms with Crippen LogP contribution in [0.2, 0.25) is 0 Å². The van der Waals surface area contributed by atoms with Crippen LogP contribution in [-0.4, -0.2) is 24.2 Å². The first-order valence-electron chi connectivity index (χ1n) is 4.72. The zero-order chi connectivity index (χ0) is 11.5. The second kappa shape index (κ2) is 4.03. The maximum absolute atomic E-state index is 8.67. The van der Waals surface area contributed by atoms with Gasteiger partial charge in [-0.3, -0.25) is 0 Å². The molecule has 0 amide bonds. The molecule has 1 aromatic heterocycles. The Hall–Kier alpha value is -2.35. The van der Waals surface area contributed by atoms with Crippen LogP contribution in [0.15, 0.2) is 28.8 Å². The molecule has 0 radical (unpaired) electrons. The maximum atomic E-state index is 8.67. The molecule has 0 aliphatic rings. The van der Waals surface area contributed by atoms with Crippen molar-refractivity contribution in [2.24, 2.45) is 0 Å². The molecule has 5 heteroatoms. The molecule has 0 unspecified atom stereocenters. The van der Waals surface area contributed by atoms with Gasteiger partial charge in [0.1, 0.15) is 0 Å². The van der Waals surface area contributed by atoms with Crippen molar-refractivity contribution in [1.82, 2.24) is 10.1 Å². The maximum Gasteiger partial charge on any atom is 0.265 e. The second-order valence-corrected chi connectivity index (χ2v) is 3.48. The Morgan fingerprint density at radius 1 is 1.25 bits per heavy atom. The fourth-order valence-corrected chi connectivity index (χ4v) is 1.20. The quantitative estimate of drug-likeness (QED) is 0.760. The smallest absolute Gasteiger partial charge is 0.265 e. The Kier molecular flexibility index (Phi) is 2.56. The predicted octanol–water partition coefficient (Wildman–Crippen LogP) is 1.67. The number of rotatable bonds is 2. The molecule has 0 aliphatic carbocycles. The van der Waals surface area contributed by atoms with Gasteiger partial charge >= 0.3 is 0 Å². The van der Waals surface area contributed by atoms with Crippen LogP contribution in [0, 0.1) is 11.3 Å². The molecule has 2 aromatic rings. The number of aromatic nitrogens is 2. The van der Waals surface area contributed by atoms with E-state index in [0.29, 0.717) is 17.4 Å². The van der Waals surface area contributed by atoms with Gasteiger partial charge < -0.3 is 9.42 Å². The van der Waals surface area contributed by atoms with E-state index >= 15 is 0 Å². The molecule has 1 aromatic carbocycles. The fraction of sp³-hybridized carbons (Fsp3) is 0.182. The molecule has 80 valence electrons. The summed E-state index contributed by atoms with van der Waals surface area (Å²) in [6.45, 7) is 0. The molecule has 16 heavy (non-hydrogen) atoms. The van der Waals surface area contributed by atoms with Gasteiger partial charge in [0.2, 0.25) is 0 Å². The first-order valence-corrected chi connectivity index (χ1v) is 4.72. The summed E-state index contributed by atoms with van der Waals surface area (Å²) < 4.78 is 5.10. The van der Waals surface area contributed by atoms with E-state index in [1.807, 2.05) is 14.1 Å². The van der Waals surface area contributed by atoms with Gasteiger partial charge in [-0.1, -0.05) is 0 Å². The number of anilines is 1. The van der Waals surface area contributed by atoms with E-state index < -0.39 is 0 Å². The summed E-state index contributed by atoms with van der Waals surface area (Å²) in [7, 11) is 3.68. The van der Waals surface area contributed by atoms with Crippen LogP contribution in [0.3, 0.4) is 0 Å². The van der Waals surface area contributed by atoms with Crippen molar-refractivity contribution < 1.29 is 4.52 Å². The summed E-state index contributed by atoms with van der Waals surface area (Å²) in [4.78, 5) is 5.96. The fourth-order valence-electron chi connectivity index (χ4n) is 1.20. The van der Waals surface area contributed by atoms with E-state index in [1.54, 1.807) is 29.2 Å². The van der Waals surface area contributed by atoms with E-state index in [4.69, 9.17) is 9.78 Å². The molecule has 0 fully saturated rings. The summed E-state index contributed by atoms with van der Waals surface area (Å²) in [5.41, 5.74) is 1.41. The summed E-state index contributed by atoms with van der Waals surface area (Å²) in [5, 5.41) is 12.5. The first-order chi connectivity index (χ1) is 7.70. The average Bonchev–Trinajstić information content (AvgIpc) is 2.78. The number of nitriles is 1. The highest BCUT2D eigenvalue weighted by molar-refractivity contribution is 5.55. The minimum Gasteiger partial charge on any atom is -0.344 e. The minimum absolute atomic E-state index is 0.452. The number of benzene rings is 1. The highest BCUT2D eigenvalue weighted by atomic mass is 16.5. The molecule has 2 rings (SSSR count). The highest BCUT2D eigenvalue weighted by Gasteiger charge is 2.09. The largest absolute Gasteiger partial charge is 0.344 e. The van der Waals surface area contributed by atoms with Crippen LogP contribution in [0.25, 0.3) is 11.5 Å². The zero-order valence-corrected chi connectivity index (χ0v) is 9.01. The molecule has 0 bridgehead atoms. The average molecular weight is 214 g/mol. The van der Waals surface area contributed by atoms with E-state index in [0.717, 1.165) is 5.56 Å². The third-order valence-corrected chi connectivity index (χ3v) is 2.08. The topological polar surface area (TPSA) is 66.0 Å². The van der Waals surface area contributed by atoms with Gasteiger partial charge in [0.25, 0.3) is 11.8 Å². The molecule has 0 saturated heterocycles. The van der Waals surface area contributed by atoms with E-state index in [-0.39, 0.29) is 0 Å². The minimum atomic E-state index is 0.452. The molecule has 5 nitrogen and oxygen atoms in total. The van der Waals surface area contributed by atoms with Gasteiger partial charge in [-0.25, -0.2) is 0 Å². The van der Waals surface area contributed by atoms with Crippen LogP contribution >= 0.6 is 0 Å². The van der Waals surface area contributed by atoms with Crippen LogP contribution in [0.1, 0.15) is 5.56 Å². The summed E-state index contributed by atoms with van der Waals surface area (Å²) in [6, 6.07) is 9.05. The standard InChI is InChI=1S/C11H10N4O/c1-15(2)11-13-10(16-14-11)9-5-3-8(7-12)4-6-9/h3-6H,1-2H3. The molecular weight excluding hydrogens is 204 g/mol. The first kappa shape index (κ1) is 10.2. The summed E-state index contributed by atoms with van der Waals surface area (Å²) in [6.07, 6.45) is 0. The third kappa shape index (κ3) is 1.86. The molecule has 0 aliphatic heterocycles. The Labute approximate surface area is 92.9 Å². The molecule has 0 N–H and O–H groups in total. The Morgan fingerprint density at radius 3 is 2.44 bits per heavy atom. The van der Waals surface area contributed by atoms with Crippen LogP contribution in [0.4, 0.5) is 5.95 Å². The number of hydrogen-bond acceptors (Lipinski definition) is 5. The lowest BCUT2D eigenvalue weighted by atomic mass is 10.1. The molecule has 1 heterocycles.